The zero-order chi connectivity index (χ0) is 13.9. The molecule has 0 aromatic carbocycles. The highest BCUT2D eigenvalue weighted by Crippen LogP contribution is 2.21. The fraction of sp³-hybridized carbons (Fsp3) is 0.154. The van der Waals surface area contributed by atoms with Crippen molar-refractivity contribution >= 4 is 6.29 Å². The summed E-state index contributed by atoms with van der Waals surface area (Å²) in [5.41, 5.74) is 1.85. The van der Waals surface area contributed by atoms with E-state index in [-0.39, 0.29) is 0 Å². The Kier molecular flexibility index (Phi) is 3.08. The van der Waals surface area contributed by atoms with Crippen molar-refractivity contribution < 1.29 is 4.79 Å². The van der Waals surface area contributed by atoms with Crippen LogP contribution in [0.3, 0.4) is 0 Å². The van der Waals surface area contributed by atoms with E-state index in [1.165, 1.54) is 4.68 Å². The van der Waals surface area contributed by atoms with Gasteiger partial charge in [0.05, 0.1) is 11.8 Å². The van der Waals surface area contributed by atoms with Crippen LogP contribution in [0, 0.1) is 0 Å². The van der Waals surface area contributed by atoms with E-state index in [9.17, 15) is 4.79 Å². The molecule has 0 aliphatic rings. The number of aromatic nitrogens is 6. The molecule has 0 aliphatic carbocycles. The summed E-state index contributed by atoms with van der Waals surface area (Å²) in [6.07, 6.45) is 9.17. The number of carbonyl (C=O) groups is 1. The van der Waals surface area contributed by atoms with Crippen molar-refractivity contribution in [3.63, 3.8) is 0 Å². The van der Waals surface area contributed by atoms with Crippen LogP contribution < -0.4 is 0 Å². The van der Waals surface area contributed by atoms with Crippen LogP contribution in [0.1, 0.15) is 17.3 Å². The molecule has 0 saturated carbocycles. The summed E-state index contributed by atoms with van der Waals surface area (Å²) < 4.78 is 3.27. The summed E-state index contributed by atoms with van der Waals surface area (Å²) in [5.74, 6) is 0.421. The molecule has 0 N–H and O–H groups in total. The molecule has 0 aliphatic heterocycles. The molecule has 3 heterocycles. The normalized spacial score (nSPS) is 10.7. The lowest BCUT2D eigenvalue weighted by Gasteiger charge is -1.96. The van der Waals surface area contributed by atoms with Crippen molar-refractivity contribution in [3.05, 3.63) is 42.6 Å². The van der Waals surface area contributed by atoms with Crippen LogP contribution in [0.4, 0.5) is 0 Å². The van der Waals surface area contributed by atoms with E-state index in [1.807, 2.05) is 13.1 Å². The van der Waals surface area contributed by atoms with Crippen LogP contribution in [-0.2, 0) is 6.54 Å². The number of rotatable bonds is 4. The molecule has 0 unspecified atom stereocenters. The first-order valence-electron chi connectivity index (χ1n) is 6.17. The van der Waals surface area contributed by atoms with Crippen LogP contribution in [0.25, 0.3) is 17.2 Å². The van der Waals surface area contributed by atoms with E-state index in [0.29, 0.717) is 17.2 Å². The fourth-order valence-corrected chi connectivity index (χ4v) is 1.87. The molecule has 0 radical (unpaired) electrons. The Bertz CT molecular complexity index is 730. The lowest BCUT2D eigenvalue weighted by molar-refractivity contribution is 0.112. The molecule has 7 nitrogen and oxygen atoms in total. The zero-order valence-electron chi connectivity index (χ0n) is 10.8. The number of hydrogen-bond acceptors (Lipinski definition) is 5. The highest BCUT2D eigenvalue weighted by Gasteiger charge is 2.14. The van der Waals surface area contributed by atoms with Crippen molar-refractivity contribution in [3.8, 4) is 17.2 Å². The number of hydrogen-bond donors (Lipinski definition) is 0. The van der Waals surface area contributed by atoms with Crippen LogP contribution in [0.5, 0.6) is 0 Å². The van der Waals surface area contributed by atoms with Gasteiger partial charge in [-0.05, 0) is 13.0 Å². The summed E-state index contributed by atoms with van der Waals surface area (Å²) in [7, 11) is 0. The first-order chi connectivity index (χ1) is 9.81. The molecule has 0 fully saturated rings. The summed E-state index contributed by atoms with van der Waals surface area (Å²) in [6.45, 7) is 2.76. The summed E-state index contributed by atoms with van der Waals surface area (Å²) in [6, 6.07) is 1.72. The standard InChI is InChI=1S/C13H12N6O/c1-2-18-7-10(6-16-18)12-11(9-20)8-19(17-12)13-14-4-3-5-15-13/h3-9H,2H2,1H3. The van der Waals surface area contributed by atoms with Gasteiger partial charge in [0.1, 0.15) is 5.69 Å². The van der Waals surface area contributed by atoms with E-state index in [2.05, 4.69) is 20.2 Å². The van der Waals surface area contributed by atoms with Crippen LogP contribution in [0.2, 0.25) is 0 Å². The molecular weight excluding hydrogens is 256 g/mol. The smallest absolute Gasteiger partial charge is 0.250 e. The summed E-state index contributed by atoms with van der Waals surface area (Å²) >= 11 is 0. The quantitative estimate of drug-likeness (QED) is 0.667. The maximum atomic E-state index is 11.2. The van der Waals surface area contributed by atoms with E-state index in [1.54, 1.807) is 35.5 Å². The third kappa shape index (κ3) is 2.09. The Morgan fingerprint density at radius 2 is 2.05 bits per heavy atom. The van der Waals surface area contributed by atoms with Gasteiger partial charge in [-0.1, -0.05) is 0 Å². The number of aryl methyl sites for hydroxylation is 1. The predicted octanol–water partition coefficient (Wildman–Crippen LogP) is 1.36. The number of nitrogens with zero attached hydrogens (tertiary/aromatic N) is 6. The largest absolute Gasteiger partial charge is 0.298 e. The van der Waals surface area contributed by atoms with E-state index in [4.69, 9.17) is 0 Å². The van der Waals surface area contributed by atoms with Crippen molar-refractivity contribution in [1.29, 1.82) is 0 Å². The molecular formula is C13H12N6O. The van der Waals surface area contributed by atoms with Crippen LogP contribution in [0.15, 0.2) is 37.1 Å². The second kappa shape index (κ2) is 5.04. The van der Waals surface area contributed by atoms with Gasteiger partial charge in [0.15, 0.2) is 6.29 Å². The maximum Gasteiger partial charge on any atom is 0.250 e. The third-order valence-corrected chi connectivity index (χ3v) is 2.86. The van der Waals surface area contributed by atoms with Gasteiger partial charge in [0.25, 0.3) is 0 Å². The molecule has 0 amide bonds. The molecule has 20 heavy (non-hydrogen) atoms. The molecule has 0 bridgehead atoms. The Labute approximate surface area is 114 Å². The molecule has 3 rings (SSSR count). The minimum atomic E-state index is 0.421. The van der Waals surface area contributed by atoms with Gasteiger partial charge < -0.3 is 0 Å². The SMILES string of the molecule is CCn1cc(-c2nn(-c3ncccn3)cc2C=O)cn1. The average Bonchev–Trinajstić information content (AvgIpc) is 3.14. The average molecular weight is 268 g/mol. The molecule has 3 aromatic rings. The van der Waals surface area contributed by atoms with Gasteiger partial charge in [-0.2, -0.15) is 10.2 Å². The molecule has 7 heteroatoms. The van der Waals surface area contributed by atoms with Gasteiger partial charge in [-0.15, -0.1) is 0 Å². The Hall–Kier alpha value is -2.83. The van der Waals surface area contributed by atoms with Crippen LogP contribution >= 0.6 is 0 Å². The first-order valence-corrected chi connectivity index (χ1v) is 6.17. The lowest BCUT2D eigenvalue weighted by Crippen LogP contribution is -2.00. The van der Waals surface area contributed by atoms with Gasteiger partial charge in [-0.3, -0.25) is 9.48 Å². The molecule has 0 atom stereocenters. The van der Waals surface area contributed by atoms with Gasteiger partial charge >= 0.3 is 0 Å². The van der Waals surface area contributed by atoms with E-state index in [0.717, 1.165) is 18.4 Å². The van der Waals surface area contributed by atoms with Crippen molar-refractivity contribution in [2.24, 2.45) is 0 Å². The Balaban J connectivity index is 2.07. The second-order valence-electron chi connectivity index (χ2n) is 4.13. The van der Waals surface area contributed by atoms with Crippen LogP contribution in [-0.4, -0.2) is 35.8 Å². The van der Waals surface area contributed by atoms with E-state index >= 15 is 0 Å². The number of aldehydes is 1. The third-order valence-electron chi connectivity index (χ3n) is 2.86. The van der Waals surface area contributed by atoms with E-state index < -0.39 is 0 Å². The second-order valence-corrected chi connectivity index (χ2v) is 4.13. The molecule has 3 aromatic heterocycles. The topological polar surface area (TPSA) is 78.5 Å². The highest BCUT2D eigenvalue weighted by atomic mass is 16.1. The highest BCUT2D eigenvalue weighted by molar-refractivity contribution is 5.85. The molecule has 0 spiro atoms. The molecule has 100 valence electrons. The Morgan fingerprint density at radius 3 is 2.70 bits per heavy atom. The first kappa shape index (κ1) is 12.2. The fourth-order valence-electron chi connectivity index (χ4n) is 1.87. The summed E-state index contributed by atoms with van der Waals surface area (Å²) in [5, 5.41) is 8.56. The van der Waals surface area contributed by atoms with Crippen molar-refractivity contribution in [2.45, 2.75) is 13.5 Å². The van der Waals surface area contributed by atoms with Gasteiger partial charge in [0.2, 0.25) is 5.95 Å². The molecule has 0 saturated heterocycles. The summed E-state index contributed by atoms with van der Waals surface area (Å²) in [4.78, 5) is 19.4. The maximum absolute atomic E-state index is 11.2. The lowest BCUT2D eigenvalue weighted by atomic mass is 10.2. The van der Waals surface area contributed by atoms with Gasteiger partial charge in [0, 0.05) is 36.9 Å². The monoisotopic (exact) mass is 268 g/mol. The number of carbonyl (C=O) groups excluding carboxylic acids is 1. The zero-order valence-corrected chi connectivity index (χ0v) is 10.8. The minimum absolute atomic E-state index is 0.421. The van der Waals surface area contributed by atoms with Crippen molar-refractivity contribution in [1.82, 2.24) is 29.5 Å². The van der Waals surface area contributed by atoms with Crippen molar-refractivity contribution in [2.75, 3.05) is 0 Å². The predicted molar refractivity (Wildman–Crippen MR) is 71.4 cm³/mol. The minimum Gasteiger partial charge on any atom is -0.298 e. The van der Waals surface area contributed by atoms with Gasteiger partial charge in [-0.25, -0.2) is 14.6 Å². The Morgan fingerprint density at radius 1 is 1.25 bits per heavy atom.